The van der Waals surface area contributed by atoms with Gasteiger partial charge in [0.1, 0.15) is 6.10 Å². The molecule has 0 saturated carbocycles. The van der Waals surface area contributed by atoms with Gasteiger partial charge < -0.3 is 14.9 Å². The molecule has 0 spiro atoms. The van der Waals surface area contributed by atoms with E-state index in [2.05, 4.69) is 6.92 Å². The second kappa shape index (κ2) is 7.04. The first-order valence-electron chi connectivity index (χ1n) is 5.72. The highest BCUT2D eigenvalue weighted by Crippen LogP contribution is 2.09. The first-order valence-corrected chi connectivity index (χ1v) is 5.72. The summed E-state index contributed by atoms with van der Waals surface area (Å²) in [6.07, 6.45) is 1.18. The molecule has 0 aliphatic carbocycles. The van der Waals surface area contributed by atoms with Gasteiger partial charge in [0.15, 0.2) is 0 Å². The fraction of sp³-hybridized carbons (Fsp3) is 0.462. The summed E-state index contributed by atoms with van der Waals surface area (Å²) in [5.74, 6) is -0.527. The number of rotatable bonds is 6. The van der Waals surface area contributed by atoms with Crippen LogP contribution in [0.1, 0.15) is 29.3 Å². The Morgan fingerprint density at radius 2 is 1.82 bits per heavy atom. The van der Waals surface area contributed by atoms with Crippen molar-refractivity contribution in [3.8, 4) is 0 Å². The van der Waals surface area contributed by atoms with Crippen LogP contribution in [0.25, 0.3) is 0 Å². The van der Waals surface area contributed by atoms with Crippen molar-refractivity contribution in [1.82, 2.24) is 0 Å². The number of hydrogen-bond donors (Lipinski definition) is 2. The van der Waals surface area contributed by atoms with Crippen LogP contribution >= 0.6 is 0 Å². The van der Waals surface area contributed by atoms with Crippen molar-refractivity contribution in [2.24, 2.45) is 0 Å². The van der Waals surface area contributed by atoms with Gasteiger partial charge in [-0.05, 0) is 24.1 Å². The first-order chi connectivity index (χ1) is 8.21. The minimum absolute atomic E-state index is 0.379. The SMILES string of the molecule is CCCc1ccc(C(=O)OC(CO)CO)cc1. The summed E-state index contributed by atoms with van der Waals surface area (Å²) in [6, 6.07) is 7.15. The number of carbonyl (C=O) groups is 1. The van der Waals surface area contributed by atoms with Crippen molar-refractivity contribution in [3.05, 3.63) is 35.4 Å². The third-order valence-electron chi connectivity index (χ3n) is 2.41. The molecule has 0 radical (unpaired) electrons. The molecular formula is C13H18O4. The summed E-state index contributed by atoms with van der Waals surface area (Å²) in [6.45, 7) is 1.33. The average molecular weight is 238 g/mol. The van der Waals surface area contributed by atoms with Crippen molar-refractivity contribution in [1.29, 1.82) is 0 Å². The zero-order valence-electron chi connectivity index (χ0n) is 9.93. The van der Waals surface area contributed by atoms with Crippen molar-refractivity contribution in [2.45, 2.75) is 25.9 Å². The molecule has 0 aromatic heterocycles. The molecular weight excluding hydrogens is 220 g/mol. The molecule has 0 atom stereocenters. The Hall–Kier alpha value is -1.39. The molecule has 1 rings (SSSR count). The molecule has 2 N–H and O–H groups in total. The zero-order valence-corrected chi connectivity index (χ0v) is 9.93. The maximum atomic E-state index is 11.6. The van der Waals surface area contributed by atoms with Crippen LogP contribution in [0.3, 0.4) is 0 Å². The van der Waals surface area contributed by atoms with Gasteiger partial charge in [0, 0.05) is 0 Å². The Bertz CT molecular complexity index is 341. The van der Waals surface area contributed by atoms with E-state index in [1.54, 1.807) is 12.1 Å². The summed E-state index contributed by atoms with van der Waals surface area (Å²) in [5.41, 5.74) is 1.60. The molecule has 0 unspecified atom stereocenters. The number of carbonyl (C=O) groups excluding carboxylic acids is 1. The lowest BCUT2D eigenvalue weighted by Crippen LogP contribution is -2.25. The molecule has 0 amide bonds. The Kier molecular flexibility index (Phi) is 5.66. The molecule has 0 aliphatic heterocycles. The second-order valence-corrected chi connectivity index (χ2v) is 3.84. The molecule has 0 fully saturated rings. The molecule has 0 aliphatic rings. The summed E-state index contributed by atoms with van der Waals surface area (Å²) >= 11 is 0. The van der Waals surface area contributed by atoms with Gasteiger partial charge >= 0.3 is 5.97 Å². The molecule has 1 aromatic carbocycles. The highest BCUT2D eigenvalue weighted by atomic mass is 16.6. The Labute approximate surface area is 101 Å². The summed E-state index contributed by atoms with van der Waals surface area (Å²) in [4.78, 5) is 11.6. The summed E-state index contributed by atoms with van der Waals surface area (Å²) in [5, 5.41) is 17.6. The number of aliphatic hydroxyl groups excluding tert-OH is 2. The van der Waals surface area contributed by atoms with E-state index in [4.69, 9.17) is 14.9 Å². The van der Waals surface area contributed by atoms with Gasteiger partial charge in [0.05, 0.1) is 18.8 Å². The van der Waals surface area contributed by atoms with E-state index in [0.717, 1.165) is 12.8 Å². The van der Waals surface area contributed by atoms with Crippen LogP contribution in [0, 0.1) is 0 Å². The van der Waals surface area contributed by atoms with Gasteiger partial charge in [-0.2, -0.15) is 0 Å². The van der Waals surface area contributed by atoms with Crippen molar-refractivity contribution < 1.29 is 19.7 Å². The normalized spacial score (nSPS) is 10.6. The zero-order chi connectivity index (χ0) is 12.7. The van der Waals surface area contributed by atoms with E-state index in [-0.39, 0.29) is 13.2 Å². The number of aliphatic hydroxyl groups is 2. The number of aryl methyl sites for hydroxylation is 1. The van der Waals surface area contributed by atoms with E-state index in [0.29, 0.717) is 5.56 Å². The smallest absolute Gasteiger partial charge is 0.338 e. The molecule has 4 heteroatoms. The minimum atomic E-state index is -0.849. The highest BCUT2D eigenvalue weighted by Gasteiger charge is 2.13. The van der Waals surface area contributed by atoms with Gasteiger partial charge in [-0.3, -0.25) is 0 Å². The van der Waals surface area contributed by atoms with Crippen LogP contribution in [-0.4, -0.2) is 35.5 Å². The van der Waals surface area contributed by atoms with Crippen LogP contribution in [0.2, 0.25) is 0 Å². The lowest BCUT2D eigenvalue weighted by atomic mass is 10.1. The number of esters is 1. The molecule has 94 valence electrons. The maximum absolute atomic E-state index is 11.6. The van der Waals surface area contributed by atoms with Crippen LogP contribution in [-0.2, 0) is 11.2 Å². The monoisotopic (exact) mass is 238 g/mol. The van der Waals surface area contributed by atoms with Crippen molar-refractivity contribution >= 4 is 5.97 Å². The largest absolute Gasteiger partial charge is 0.454 e. The molecule has 4 nitrogen and oxygen atoms in total. The quantitative estimate of drug-likeness (QED) is 0.729. The number of hydrogen-bond acceptors (Lipinski definition) is 4. The predicted octanol–water partition coefficient (Wildman–Crippen LogP) is 1.15. The van der Waals surface area contributed by atoms with Crippen molar-refractivity contribution in [3.63, 3.8) is 0 Å². The van der Waals surface area contributed by atoms with E-state index < -0.39 is 12.1 Å². The van der Waals surface area contributed by atoms with Gasteiger partial charge in [-0.1, -0.05) is 25.5 Å². The average Bonchev–Trinajstić information content (AvgIpc) is 2.37. The minimum Gasteiger partial charge on any atom is -0.454 e. The van der Waals surface area contributed by atoms with Crippen molar-refractivity contribution in [2.75, 3.05) is 13.2 Å². The van der Waals surface area contributed by atoms with E-state index in [1.807, 2.05) is 12.1 Å². The second-order valence-electron chi connectivity index (χ2n) is 3.84. The van der Waals surface area contributed by atoms with Gasteiger partial charge in [0.2, 0.25) is 0 Å². The molecule has 1 aromatic rings. The third-order valence-corrected chi connectivity index (χ3v) is 2.41. The topological polar surface area (TPSA) is 66.8 Å². The van der Waals surface area contributed by atoms with E-state index in [9.17, 15) is 4.79 Å². The van der Waals surface area contributed by atoms with Gasteiger partial charge in [0.25, 0.3) is 0 Å². The maximum Gasteiger partial charge on any atom is 0.338 e. The van der Waals surface area contributed by atoms with Crippen LogP contribution in [0.5, 0.6) is 0 Å². The first kappa shape index (κ1) is 13.7. The fourth-order valence-electron chi connectivity index (χ4n) is 1.45. The molecule has 17 heavy (non-hydrogen) atoms. The summed E-state index contributed by atoms with van der Waals surface area (Å²) < 4.78 is 4.90. The van der Waals surface area contributed by atoms with Gasteiger partial charge in [-0.25, -0.2) is 4.79 Å². The molecule has 0 heterocycles. The van der Waals surface area contributed by atoms with Crippen LogP contribution in [0.15, 0.2) is 24.3 Å². The number of benzene rings is 1. The Balaban J connectivity index is 2.63. The summed E-state index contributed by atoms with van der Waals surface area (Å²) in [7, 11) is 0. The highest BCUT2D eigenvalue weighted by molar-refractivity contribution is 5.89. The molecule has 0 bridgehead atoms. The standard InChI is InChI=1S/C13H18O4/c1-2-3-10-4-6-11(7-5-10)13(16)17-12(8-14)9-15/h4-7,12,14-15H,2-3,8-9H2,1H3. The van der Waals surface area contributed by atoms with Crippen LogP contribution in [0.4, 0.5) is 0 Å². The Morgan fingerprint density at radius 3 is 2.29 bits per heavy atom. The van der Waals surface area contributed by atoms with E-state index >= 15 is 0 Å². The van der Waals surface area contributed by atoms with E-state index in [1.165, 1.54) is 5.56 Å². The van der Waals surface area contributed by atoms with Gasteiger partial charge in [-0.15, -0.1) is 0 Å². The predicted molar refractivity (Wildman–Crippen MR) is 63.8 cm³/mol. The fourth-order valence-corrected chi connectivity index (χ4v) is 1.45. The molecule has 0 saturated heterocycles. The van der Waals surface area contributed by atoms with Crippen LogP contribution < -0.4 is 0 Å². The lowest BCUT2D eigenvalue weighted by Gasteiger charge is -2.12. The number of ether oxygens (including phenoxy) is 1. The lowest BCUT2D eigenvalue weighted by molar-refractivity contribution is -0.00544. The third kappa shape index (κ3) is 4.17. The Morgan fingerprint density at radius 1 is 1.24 bits per heavy atom.